The maximum absolute atomic E-state index is 13.0. The summed E-state index contributed by atoms with van der Waals surface area (Å²) >= 11 is 0. The van der Waals surface area contributed by atoms with E-state index in [0.717, 1.165) is 11.1 Å². The lowest BCUT2D eigenvalue weighted by molar-refractivity contribution is -0.473. The molecule has 4 aliphatic carbocycles. The summed E-state index contributed by atoms with van der Waals surface area (Å²) in [5, 5.41) is 21.8. The number of allylic oxidation sites excluding steroid dienone is 3. The van der Waals surface area contributed by atoms with Gasteiger partial charge in [0, 0.05) is 23.2 Å². The van der Waals surface area contributed by atoms with E-state index in [1.54, 1.807) is 0 Å². The molecule has 8 unspecified atom stereocenters. The minimum absolute atomic E-state index is 0.173. The van der Waals surface area contributed by atoms with Gasteiger partial charge >= 0.3 is 5.97 Å². The Morgan fingerprint density at radius 1 is 1.17 bits per heavy atom. The Morgan fingerprint density at radius 3 is 2.44 bits per heavy atom. The van der Waals surface area contributed by atoms with Gasteiger partial charge < -0.3 is 10.2 Å². The van der Waals surface area contributed by atoms with Crippen LogP contribution >= 0.6 is 0 Å². The molecular formula is C30H42O6. The van der Waals surface area contributed by atoms with Crippen LogP contribution in [-0.4, -0.2) is 39.3 Å². The lowest BCUT2D eigenvalue weighted by Gasteiger charge is -2.71. The fraction of sp³-hybridized carbons (Fsp3) is 0.733. The number of carboxylic acid groups (broad SMARTS) is 1. The van der Waals surface area contributed by atoms with Crippen molar-refractivity contribution in [1.82, 2.24) is 0 Å². The number of carbonyl (C=O) groups is 2. The van der Waals surface area contributed by atoms with Crippen LogP contribution in [0.3, 0.4) is 0 Å². The zero-order valence-corrected chi connectivity index (χ0v) is 22.8. The Morgan fingerprint density at radius 2 is 1.86 bits per heavy atom. The zero-order chi connectivity index (χ0) is 26.5. The summed E-state index contributed by atoms with van der Waals surface area (Å²) in [4.78, 5) is 38.4. The number of aliphatic hydroxyl groups is 1. The molecule has 0 radical (unpaired) electrons. The highest BCUT2D eigenvalue weighted by Gasteiger charge is 2.80. The van der Waals surface area contributed by atoms with E-state index in [9.17, 15) is 19.8 Å². The molecule has 6 heteroatoms. The van der Waals surface area contributed by atoms with E-state index < -0.39 is 56.8 Å². The molecule has 2 saturated carbocycles. The van der Waals surface area contributed by atoms with Crippen molar-refractivity contribution in [2.75, 3.05) is 0 Å². The molecule has 0 amide bonds. The zero-order valence-electron chi connectivity index (χ0n) is 22.8. The first-order chi connectivity index (χ1) is 16.6. The maximum atomic E-state index is 13.0. The van der Waals surface area contributed by atoms with E-state index in [2.05, 4.69) is 45.1 Å². The van der Waals surface area contributed by atoms with E-state index >= 15 is 0 Å². The van der Waals surface area contributed by atoms with Gasteiger partial charge in [-0.2, -0.15) is 0 Å². The van der Waals surface area contributed by atoms with Crippen molar-refractivity contribution >= 4 is 11.8 Å². The van der Waals surface area contributed by atoms with E-state index in [4.69, 9.17) is 9.78 Å². The number of carbonyl (C=O) groups excluding carboxylic acids is 1. The number of ketones is 1. The molecule has 198 valence electrons. The number of rotatable bonds is 5. The number of hydrogen-bond acceptors (Lipinski definition) is 5. The van der Waals surface area contributed by atoms with Gasteiger partial charge in [0.2, 0.25) is 0 Å². The van der Waals surface area contributed by atoms with Crippen LogP contribution in [0.1, 0.15) is 87.0 Å². The average Bonchev–Trinajstić information content (AvgIpc) is 3.00. The van der Waals surface area contributed by atoms with Crippen molar-refractivity contribution in [3.63, 3.8) is 0 Å². The summed E-state index contributed by atoms with van der Waals surface area (Å²) in [6.45, 7) is 14.4. The maximum Gasteiger partial charge on any atom is 0.306 e. The standard InChI is InChI=1S/C30H42O6/c1-18(2)9-8-10-19(24(33)34)23-20(31)17-28(7)27(23,6)13-11-21-26(5)14-12-22(32)25(3,4)30(26)16-15-29(21,28)35-36-30/h9,11,15-16,19-20,23,31H,8,10,12-14,17H2,1-7H3,(H,33,34). The van der Waals surface area contributed by atoms with Gasteiger partial charge in [0.25, 0.3) is 0 Å². The molecule has 0 aromatic carbocycles. The van der Waals surface area contributed by atoms with Crippen LogP contribution in [0, 0.1) is 33.5 Å². The van der Waals surface area contributed by atoms with Crippen molar-refractivity contribution in [3.05, 3.63) is 35.5 Å². The second kappa shape index (κ2) is 7.64. The highest BCUT2D eigenvalue weighted by Crippen LogP contribution is 2.77. The molecule has 0 aromatic heterocycles. The van der Waals surface area contributed by atoms with Crippen molar-refractivity contribution < 1.29 is 29.6 Å². The Kier molecular flexibility index (Phi) is 5.49. The van der Waals surface area contributed by atoms with Gasteiger partial charge in [-0.3, -0.25) is 9.59 Å². The van der Waals surface area contributed by atoms with Gasteiger partial charge in [-0.25, -0.2) is 9.78 Å². The molecule has 3 fully saturated rings. The minimum atomic E-state index is -0.911. The second-order valence-corrected chi connectivity index (χ2v) is 13.5. The Bertz CT molecular complexity index is 1100. The number of hydrogen-bond donors (Lipinski definition) is 2. The molecule has 8 atom stereocenters. The quantitative estimate of drug-likeness (QED) is 0.381. The van der Waals surface area contributed by atoms with Gasteiger partial charge in [-0.05, 0) is 82.9 Å². The predicted octanol–water partition coefficient (Wildman–Crippen LogP) is 5.56. The summed E-state index contributed by atoms with van der Waals surface area (Å²) in [6.07, 6.45) is 11.1. The summed E-state index contributed by atoms with van der Waals surface area (Å²) < 4.78 is 0. The highest BCUT2D eigenvalue weighted by atomic mass is 17.2. The van der Waals surface area contributed by atoms with Crippen molar-refractivity contribution in [3.8, 4) is 0 Å². The Hall–Kier alpha value is -1.76. The van der Waals surface area contributed by atoms with Crippen LogP contribution in [0.25, 0.3) is 0 Å². The first-order valence-corrected chi connectivity index (χ1v) is 13.5. The molecule has 6 rings (SSSR count). The van der Waals surface area contributed by atoms with Gasteiger partial charge in [-0.15, -0.1) is 0 Å². The van der Waals surface area contributed by atoms with Crippen molar-refractivity contribution in [2.24, 2.45) is 33.5 Å². The summed E-state index contributed by atoms with van der Waals surface area (Å²) in [6, 6.07) is 0. The van der Waals surface area contributed by atoms with Crippen LogP contribution < -0.4 is 0 Å². The Balaban J connectivity index is 1.63. The summed E-state index contributed by atoms with van der Waals surface area (Å²) in [7, 11) is 0. The van der Waals surface area contributed by atoms with Crippen molar-refractivity contribution in [2.45, 2.75) is 104 Å². The molecule has 0 aromatic rings. The van der Waals surface area contributed by atoms with Crippen molar-refractivity contribution in [1.29, 1.82) is 0 Å². The largest absolute Gasteiger partial charge is 0.481 e. The molecule has 6 nitrogen and oxygen atoms in total. The number of aliphatic carboxylic acids is 1. The van der Waals surface area contributed by atoms with Gasteiger partial charge in [0.15, 0.2) is 0 Å². The van der Waals surface area contributed by atoms with E-state index in [-0.39, 0.29) is 5.78 Å². The fourth-order valence-electron chi connectivity index (χ4n) is 9.14. The van der Waals surface area contributed by atoms with Gasteiger partial charge in [0.1, 0.15) is 17.0 Å². The normalized spacial score (nSPS) is 46.9. The lowest BCUT2D eigenvalue weighted by atomic mass is 9.39. The van der Waals surface area contributed by atoms with Gasteiger partial charge in [0.05, 0.1) is 17.4 Å². The first kappa shape index (κ1) is 25.9. The molecule has 2 aliphatic heterocycles. The average molecular weight is 499 g/mol. The highest BCUT2D eigenvalue weighted by molar-refractivity contribution is 5.88. The van der Waals surface area contributed by atoms with Crippen LogP contribution in [0.4, 0.5) is 0 Å². The van der Waals surface area contributed by atoms with E-state index in [0.29, 0.717) is 38.5 Å². The smallest absolute Gasteiger partial charge is 0.306 e. The van der Waals surface area contributed by atoms with Gasteiger partial charge in [-0.1, -0.05) is 38.5 Å². The first-order valence-electron chi connectivity index (χ1n) is 13.5. The molecular weight excluding hydrogens is 456 g/mol. The summed E-state index contributed by atoms with van der Waals surface area (Å²) in [5.74, 6) is -1.75. The SMILES string of the molecule is CC(C)=CCCC(C(=O)O)C1C(O)CC2(C)C34C=CC5(OO3)C(C)(C)C(=O)CCC5(C)C4=CCC12C. The van der Waals surface area contributed by atoms with Crippen LogP contribution in [0.15, 0.2) is 35.5 Å². The topological polar surface area (TPSA) is 93.1 Å². The van der Waals surface area contributed by atoms with Crippen LogP contribution in [0.5, 0.6) is 0 Å². The number of carboxylic acids is 1. The predicted molar refractivity (Wildman–Crippen MR) is 136 cm³/mol. The summed E-state index contributed by atoms with van der Waals surface area (Å²) in [5.41, 5.74) is -1.79. The number of aliphatic hydroxyl groups excluding tert-OH is 1. The molecule has 2 bridgehead atoms. The molecule has 6 aliphatic rings. The van der Waals surface area contributed by atoms with Crippen LogP contribution in [0.2, 0.25) is 0 Å². The Labute approximate surface area is 214 Å². The third-order valence-corrected chi connectivity index (χ3v) is 11.5. The number of Topliss-reactive ketones (excluding diaryl/α,β-unsaturated/α-hetero) is 1. The third kappa shape index (κ3) is 2.74. The minimum Gasteiger partial charge on any atom is -0.481 e. The third-order valence-electron chi connectivity index (χ3n) is 11.5. The molecule has 2 N–H and O–H groups in total. The van der Waals surface area contributed by atoms with E-state index in [1.165, 1.54) is 0 Å². The number of fused-ring (bicyclic) bond motifs is 2. The lowest BCUT2D eigenvalue weighted by Crippen LogP contribution is -2.75. The molecule has 2 heterocycles. The second-order valence-electron chi connectivity index (χ2n) is 13.5. The molecule has 36 heavy (non-hydrogen) atoms. The molecule has 1 saturated heterocycles. The monoisotopic (exact) mass is 498 g/mol. The van der Waals surface area contributed by atoms with E-state index in [1.807, 2.05) is 27.7 Å². The fourth-order valence-corrected chi connectivity index (χ4v) is 9.14. The van der Waals surface area contributed by atoms with Crippen LogP contribution in [-0.2, 0) is 19.4 Å². The molecule has 2 spiro atoms.